The Morgan fingerprint density at radius 1 is 0.690 bits per heavy atom. The van der Waals surface area contributed by atoms with Crippen LogP contribution in [0.4, 0.5) is 0 Å². The predicted octanol–water partition coefficient (Wildman–Crippen LogP) is 7.24. The lowest BCUT2D eigenvalue weighted by atomic mass is 10.0. The highest BCUT2D eigenvalue weighted by Crippen LogP contribution is 2.37. The number of benzene rings is 4. The summed E-state index contributed by atoms with van der Waals surface area (Å²) in [5.41, 5.74) is 5.44. The van der Waals surface area contributed by atoms with Crippen molar-refractivity contribution in [1.82, 2.24) is 4.57 Å². The standard InChI is InChI=1S/C26H16N2S/c1-28-23-9-6-16(15-27)12-20(23)21-13-17(7-10-24(21)28)18-8-11-26-22(14-18)19-4-2-3-5-25(19)29-26/h2-14H,1H3. The van der Waals surface area contributed by atoms with E-state index in [0.29, 0.717) is 5.56 Å². The van der Waals surface area contributed by atoms with Crippen molar-refractivity contribution in [3.05, 3.63) is 84.4 Å². The number of aromatic nitrogens is 1. The lowest BCUT2D eigenvalue weighted by Crippen LogP contribution is -1.86. The van der Waals surface area contributed by atoms with Crippen LogP contribution >= 0.6 is 11.3 Å². The molecular formula is C26H16N2S. The number of hydrogen-bond acceptors (Lipinski definition) is 2. The van der Waals surface area contributed by atoms with Gasteiger partial charge in [0.2, 0.25) is 0 Å². The van der Waals surface area contributed by atoms with E-state index in [9.17, 15) is 5.26 Å². The van der Waals surface area contributed by atoms with Gasteiger partial charge in [-0.3, -0.25) is 0 Å². The zero-order valence-corrected chi connectivity index (χ0v) is 16.6. The Balaban J connectivity index is 1.62. The number of hydrogen-bond donors (Lipinski definition) is 0. The molecular weight excluding hydrogens is 372 g/mol. The monoisotopic (exact) mass is 388 g/mol. The van der Waals surface area contributed by atoms with Gasteiger partial charge in [0.15, 0.2) is 0 Å². The van der Waals surface area contributed by atoms with Gasteiger partial charge in [0.25, 0.3) is 0 Å². The van der Waals surface area contributed by atoms with Gasteiger partial charge in [0, 0.05) is 49.0 Å². The van der Waals surface area contributed by atoms with Gasteiger partial charge in [-0.05, 0) is 59.7 Å². The first kappa shape index (κ1) is 16.4. The molecule has 0 aliphatic rings. The van der Waals surface area contributed by atoms with E-state index in [1.54, 1.807) is 0 Å². The zero-order chi connectivity index (χ0) is 19.5. The van der Waals surface area contributed by atoms with E-state index in [1.807, 2.05) is 29.5 Å². The fourth-order valence-corrected chi connectivity index (χ4v) is 5.46. The quantitative estimate of drug-likeness (QED) is 0.292. The first-order valence-corrected chi connectivity index (χ1v) is 10.4. The predicted molar refractivity (Wildman–Crippen MR) is 123 cm³/mol. The molecule has 0 saturated heterocycles. The average Bonchev–Trinajstić information content (AvgIpc) is 3.28. The maximum Gasteiger partial charge on any atom is 0.0991 e. The third-order valence-corrected chi connectivity index (χ3v) is 7.00. The molecule has 136 valence electrons. The zero-order valence-electron chi connectivity index (χ0n) is 15.8. The van der Waals surface area contributed by atoms with Crippen molar-refractivity contribution >= 4 is 53.3 Å². The van der Waals surface area contributed by atoms with E-state index in [-0.39, 0.29) is 0 Å². The molecule has 0 amide bonds. The second-order valence-electron chi connectivity index (χ2n) is 7.44. The molecule has 2 heterocycles. The van der Waals surface area contributed by atoms with E-state index in [2.05, 4.69) is 78.3 Å². The number of rotatable bonds is 1. The summed E-state index contributed by atoms with van der Waals surface area (Å²) in [5.74, 6) is 0. The van der Waals surface area contributed by atoms with Gasteiger partial charge in [0.05, 0.1) is 11.6 Å². The van der Waals surface area contributed by atoms with Gasteiger partial charge in [-0.25, -0.2) is 0 Å². The first-order chi connectivity index (χ1) is 14.2. The molecule has 0 unspecified atom stereocenters. The fourth-order valence-electron chi connectivity index (χ4n) is 4.37. The van der Waals surface area contributed by atoms with Crippen molar-refractivity contribution in [1.29, 1.82) is 5.26 Å². The number of nitrogens with zero attached hydrogens (tertiary/aromatic N) is 2. The summed E-state index contributed by atoms with van der Waals surface area (Å²) in [4.78, 5) is 0. The van der Waals surface area contributed by atoms with Crippen LogP contribution in [0, 0.1) is 11.3 Å². The largest absolute Gasteiger partial charge is 0.344 e. The van der Waals surface area contributed by atoms with Gasteiger partial charge >= 0.3 is 0 Å². The average molecular weight is 388 g/mol. The summed E-state index contributed by atoms with van der Waals surface area (Å²) in [7, 11) is 2.08. The molecule has 0 radical (unpaired) electrons. The summed E-state index contributed by atoms with van der Waals surface area (Å²) in [6, 6.07) is 30.2. The molecule has 3 heteroatoms. The van der Waals surface area contributed by atoms with Crippen molar-refractivity contribution in [3.8, 4) is 17.2 Å². The van der Waals surface area contributed by atoms with E-state index in [1.165, 1.54) is 42.2 Å². The summed E-state index contributed by atoms with van der Waals surface area (Å²) < 4.78 is 4.85. The molecule has 0 fully saturated rings. The number of aryl methyl sites for hydroxylation is 1. The van der Waals surface area contributed by atoms with E-state index < -0.39 is 0 Å². The summed E-state index contributed by atoms with van der Waals surface area (Å²) in [6.45, 7) is 0. The summed E-state index contributed by atoms with van der Waals surface area (Å²) >= 11 is 1.84. The minimum Gasteiger partial charge on any atom is -0.344 e. The van der Waals surface area contributed by atoms with E-state index >= 15 is 0 Å². The molecule has 0 N–H and O–H groups in total. The molecule has 0 bridgehead atoms. The first-order valence-electron chi connectivity index (χ1n) is 9.57. The molecule has 2 aromatic heterocycles. The molecule has 0 atom stereocenters. The van der Waals surface area contributed by atoms with Crippen LogP contribution in [0.1, 0.15) is 5.56 Å². The van der Waals surface area contributed by atoms with Crippen LogP contribution in [0.5, 0.6) is 0 Å². The van der Waals surface area contributed by atoms with Crippen LogP contribution in [0.25, 0.3) is 53.1 Å². The Labute approximate surface area is 171 Å². The third-order valence-electron chi connectivity index (χ3n) is 5.85. The second-order valence-corrected chi connectivity index (χ2v) is 8.53. The molecule has 0 aliphatic heterocycles. The molecule has 4 aromatic carbocycles. The number of thiophene rings is 1. The van der Waals surface area contributed by atoms with Gasteiger partial charge in [-0.2, -0.15) is 5.26 Å². The topological polar surface area (TPSA) is 28.7 Å². The second kappa shape index (κ2) is 5.94. The van der Waals surface area contributed by atoms with Gasteiger partial charge < -0.3 is 4.57 Å². The smallest absolute Gasteiger partial charge is 0.0991 e. The minimum absolute atomic E-state index is 0.696. The van der Waals surface area contributed by atoms with Crippen molar-refractivity contribution in [3.63, 3.8) is 0 Å². The maximum atomic E-state index is 9.32. The van der Waals surface area contributed by atoms with Gasteiger partial charge in [-0.15, -0.1) is 11.3 Å². The summed E-state index contributed by atoms with van der Waals surface area (Å²) in [5, 5.41) is 14.3. The highest BCUT2D eigenvalue weighted by molar-refractivity contribution is 7.25. The third kappa shape index (κ3) is 2.33. The number of fused-ring (bicyclic) bond motifs is 6. The normalized spacial score (nSPS) is 11.6. The minimum atomic E-state index is 0.696. The molecule has 2 nitrogen and oxygen atoms in total. The number of nitriles is 1. The highest BCUT2D eigenvalue weighted by atomic mass is 32.1. The van der Waals surface area contributed by atoms with Crippen LogP contribution in [-0.4, -0.2) is 4.57 Å². The molecule has 0 aliphatic carbocycles. The Morgan fingerprint density at radius 3 is 2.17 bits per heavy atom. The van der Waals surface area contributed by atoms with E-state index in [0.717, 1.165) is 10.9 Å². The van der Waals surface area contributed by atoms with Gasteiger partial charge in [0.1, 0.15) is 0 Å². The SMILES string of the molecule is Cn1c2ccc(C#N)cc2c2cc(-c3ccc4sc5ccccc5c4c3)ccc21. The van der Waals surface area contributed by atoms with Crippen molar-refractivity contribution in [2.45, 2.75) is 0 Å². The molecule has 6 aromatic rings. The maximum absolute atomic E-state index is 9.32. The lowest BCUT2D eigenvalue weighted by Gasteiger charge is -2.04. The van der Waals surface area contributed by atoms with Crippen LogP contribution in [0.3, 0.4) is 0 Å². The summed E-state index contributed by atoms with van der Waals surface area (Å²) in [6.07, 6.45) is 0. The van der Waals surface area contributed by atoms with Crippen LogP contribution < -0.4 is 0 Å². The molecule has 6 rings (SSSR count). The van der Waals surface area contributed by atoms with Crippen LogP contribution in [0.2, 0.25) is 0 Å². The molecule has 29 heavy (non-hydrogen) atoms. The van der Waals surface area contributed by atoms with E-state index in [4.69, 9.17) is 0 Å². The highest BCUT2D eigenvalue weighted by Gasteiger charge is 2.11. The Kier molecular flexibility index (Phi) is 3.35. The molecule has 0 saturated carbocycles. The lowest BCUT2D eigenvalue weighted by molar-refractivity contribution is 1.01. The van der Waals surface area contributed by atoms with Gasteiger partial charge in [-0.1, -0.05) is 30.3 Å². The van der Waals surface area contributed by atoms with Crippen LogP contribution in [-0.2, 0) is 7.05 Å². The molecule has 0 spiro atoms. The van der Waals surface area contributed by atoms with Crippen molar-refractivity contribution < 1.29 is 0 Å². The Bertz CT molecular complexity index is 1630. The Hall–Kier alpha value is -3.61. The van der Waals surface area contributed by atoms with Crippen LogP contribution in [0.15, 0.2) is 78.9 Å². The Morgan fingerprint density at radius 2 is 1.34 bits per heavy atom. The van der Waals surface area contributed by atoms with Crippen molar-refractivity contribution in [2.75, 3.05) is 0 Å². The van der Waals surface area contributed by atoms with Crippen molar-refractivity contribution in [2.24, 2.45) is 7.05 Å². The fraction of sp³-hybridized carbons (Fsp3) is 0.0385.